The summed E-state index contributed by atoms with van der Waals surface area (Å²) in [4.78, 5) is 41.5. The van der Waals surface area contributed by atoms with Gasteiger partial charge in [-0.1, -0.05) is 66.7 Å². The van der Waals surface area contributed by atoms with Crippen molar-refractivity contribution in [1.82, 2.24) is 9.55 Å². The maximum absolute atomic E-state index is 13.3. The molecule has 210 valence electrons. The highest BCUT2D eigenvalue weighted by Crippen LogP contribution is 2.37. The molecule has 8 nitrogen and oxygen atoms in total. The highest BCUT2D eigenvalue weighted by atomic mass is 16.5. The third-order valence-corrected chi connectivity index (χ3v) is 7.02. The topological polar surface area (TPSA) is 99.6 Å². The van der Waals surface area contributed by atoms with Gasteiger partial charge >= 0.3 is 11.7 Å². The predicted molar refractivity (Wildman–Crippen MR) is 157 cm³/mol. The number of aromatic amines is 1. The van der Waals surface area contributed by atoms with Gasteiger partial charge in [0.25, 0.3) is 5.56 Å². The second-order valence-electron chi connectivity index (χ2n) is 9.80. The van der Waals surface area contributed by atoms with Gasteiger partial charge in [0.1, 0.15) is 0 Å². The molecule has 1 aliphatic rings. The Hall–Kier alpha value is -4.53. The van der Waals surface area contributed by atoms with Crippen LogP contribution in [0.25, 0.3) is 12.2 Å². The Labute approximate surface area is 237 Å². The normalized spacial score (nSPS) is 12.4. The van der Waals surface area contributed by atoms with Crippen LogP contribution >= 0.6 is 0 Å². The molecule has 3 aromatic carbocycles. The third-order valence-electron chi connectivity index (χ3n) is 7.02. The van der Waals surface area contributed by atoms with Crippen LogP contribution in [0.4, 0.5) is 0 Å². The first-order chi connectivity index (χ1) is 20.0. The van der Waals surface area contributed by atoms with Crippen LogP contribution in [0.5, 0.6) is 0 Å². The minimum atomic E-state index is -0.536. The number of hydrogen-bond donors (Lipinski definition) is 1. The molecule has 0 atom stereocenters. The Morgan fingerprint density at radius 3 is 2.20 bits per heavy atom. The molecule has 0 aliphatic heterocycles. The summed E-state index contributed by atoms with van der Waals surface area (Å²) in [5.41, 5.74) is 5.27. The Kier molecular flexibility index (Phi) is 8.72. The Morgan fingerprint density at radius 1 is 0.878 bits per heavy atom. The Bertz CT molecular complexity index is 1650. The number of methoxy groups -OCH3 is 1. The lowest BCUT2D eigenvalue weighted by Gasteiger charge is -2.21. The van der Waals surface area contributed by atoms with Crippen molar-refractivity contribution in [3.63, 3.8) is 0 Å². The molecule has 1 N–H and O–H groups in total. The summed E-state index contributed by atoms with van der Waals surface area (Å²) in [5, 5.41) is 0. The molecule has 41 heavy (non-hydrogen) atoms. The summed E-state index contributed by atoms with van der Waals surface area (Å²) >= 11 is 0. The van der Waals surface area contributed by atoms with E-state index < -0.39 is 17.2 Å². The Balaban J connectivity index is 1.57. The number of benzene rings is 3. The van der Waals surface area contributed by atoms with E-state index in [-0.39, 0.29) is 25.7 Å². The number of carbonyl (C=O) groups excluding carboxylic acids is 1. The largest absolute Gasteiger partial charge is 0.462 e. The van der Waals surface area contributed by atoms with Gasteiger partial charge in [-0.05, 0) is 52.4 Å². The predicted octanol–water partition coefficient (Wildman–Crippen LogP) is 4.59. The SMILES string of the molecule is CCOC(=O)c1cc(COCCOC)cc(Cn2cc(C3c4ccccc4C=Cc4ccccc43)c(=O)[nH]c2=O)c1. The number of carbonyl (C=O) groups is 1. The van der Waals surface area contributed by atoms with Gasteiger partial charge in [-0.2, -0.15) is 0 Å². The molecular weight excluding hydrogens is 520 g/mol. The fourth-order valence-electron chi connectivity index (χ4n) is 5.18. The minimum absolute atomic E-state index is 0.134. The van der Waals surface area contributed by atoms with E-state index in [0.717, 1.165) is 27.8 Å². The van der Waals surface area contributed by atoms with Gasteiger partial charge in [-0.15, -0.1) is 0 Å². The smallest absolute Gasteiger partial charge is 0.338 e. The summed E-state index contributed by atoms with van der Waals surface area (Å²) in [6.45, 7) is 3.23. The zero-order valence-electron chi connectivity index (χ0n) is 23.1. The molecule has 1 heterocycles. The van der Waals surface area contributed by atoms with Crippen molar-refractivity contribution in [2.24, 2.45) is 0 Å². The molecule has 0 amide bonds. The van der Waals surface area contributed by atoms with Crippen molar-refractivity contribution in [2.75, 3.05) is 26.9 Å². The molecule has 0 bridgehead atoms. The van der Waals surface area contributed by atoms with Crippen LogP contribution in [-0.4, -0.2) is 42.5 Å². The van der Waals surface area contributed by atoms with Gasteiger partial charge in [0.15, 0.2) is 0 Å². The van der Waals surface area contributed by atoms with Gasteiger partial charge in [0.05, 0.1) is 38.5 Å². The van der Waals surface area contributed by atoms with E-state index in [9.17, 15) is 14.4 Å². The first kappa shape index (κ1) is 28.0. The lowest BCUT2D eigenvalue weighted by molar-refractivity contribution is 0.0523. The van der Waals surface area contributed by atoms with E-state index in [1.54, 1.807) is 32.4 Å². The van der Waals surface area contributed by atoms with Gasteiger partial charge < -0.3 is 14.2 Å². The summed E-state index contributed by atoms with van der Waals surface area (Å²) in [6, 6.07) is 21.2. The lowest BCUT2D eigenvalue weighted by atomic mass is 9.83. The van der Waals surface area contributed by atoms with E-state index in [4.69, 9.17) is 14.2 Å². The second kappa shape index (κ2) is 12.8. The molecule has 0 saturated heterocycles. The van der Waals surface area contributed by atoms with Crippen LogP contribution in [0.15, 0.2) is 82.5 Å². The number of esters is 1. The van der Waals surface area contributed by atoms with Crippen molar-refractivity contribution < 1.29 is 19.0 Å². The van der Waals surface area contributed by atoms with E-state index >= 15 is 0 Å². The number of nitrogens with zero attached hydrogens (tertiary/aromatic N) is 1. The molecule has 1 aliphatic carbocycles. The monoisotopic (exact) mass is 552 g/mol. The standard InChI is InChI=1S/C33H32N2O6/c1-3-41-32(37)26-17-22(16-23(18-26)21-40-15-14-39-2)19-35-20-29(31(36)34-33(35)38)30-27-10-6-4-8-24(27)12-13-25-9-5-7-11-28(25)30/h4-13,16-18,20,30H,3,14-15,19,21H2,1-2H3,(H,34,36,38). The lowest BCUT2D eigenvalue weighted by Crippen LogP contribution is -2.33. The average molecular weight is 553 g/mol. The third kappa shape index (κ3) is 6.29. The second-order valence-corrected chi connectivity index (χ2v) is 9.80. The summed E-state index contributed by atoms with van der Waals surface area (Å²) < 4.78 is 17.4. The van der Waals surface area contributed by atoms with Crippen LogP contribution < -0.4 is 11.2 Å². The molecule has 5 rings (SSSR count). The van der Waals surface area contributed by atoms with Gasteiger partial charge in [-0.25, -0.2) is 9.59 Å². The first-order valence-corrected chi connectivity index (χ1v) is 13.5. The van der Waals surface area contributed by atoms with Crippen LogP contribution in [0.3, 0.4) is 0 Å². The number of fused-ring (bicyclic) bond motifs is 2. The number of rotatable bonds is 10. The van der Waals surface area contributed by atoms with E-state index in [0.29, 0.717) is 29.9 Å². The van der Waals surface area contributed by atoms with Crippen LogP contribution in [0, 0.1) is 0 Å². The molecule has 0 fully saturated rings. The molecule has 0 saturated carbocycles. The van der Waals surface area contributed by atoms with Gasteiger partial charge in [0, 0.05) is 24.8 Å². The van der Waals surface area contributed by atoms with Crippen molar-refractivity contribution in [2.45, 2.75) is 26.0 Å². The fourth-order valence-corrected chi connectivity index (χ4v) is 5.18. The summed E-state index contributed by atoms with van der Waals surface area (Å²) in [7, 11) is 1.60. The molecule has 0 unspecified atom stereocenters. The van der Waals surface area contributed by atoms with E-state index in [2.05, 4.69) is 17.1 Å². The van der Waals surface area contributed by atoms with Crippen molar-refractivity contribution in [1.29, 1.82) is 0 Å². The summed E-state index contributed by atoms with van der Waals surface area (Å²) in [5.74, 6) is -0.843. The molecule has 0 spiro atoms. The Morgan fingerprint density at radius 2 is 1.54 bits per heavy atom. The van der Waals surface area contributed by atoms with Crippen LogP contribution in [0.1, 0.15) is 62.1 Å². The van der Waals surface area contributed by atoms with Gasteiger partial charge in [0.2, 0.25) is 0 Å². The van der Waals surface area contributed by atoms with E-state index in [1.165, 1.54) is 4.57 Å². The number of nitrogens with one attached hydrogen (secondary N) is 1. The quantitative estimate of drug-likeness (QED) is 0.201. The number of H-pyrrole nitrogens is 1. The van der Waals surface area contributed by atoms with Crippen LogP contribution in [-0.2, 0) is 27.4 Å². The van der Waals surface area contributed by atoms with Crippen LogP contribution in [0.2, 0.25) is 0 Å². The van der Waals surface area contributed by atoms with Crippen molar-refractivity contribution in [3.05, 3.63) is 138 Å². The number of aromatic nitrogens is 2. The number of ether oxygens (including phenoxy) is 3. The zero-order valence-corrected chi connectivity index (χ0v) is 23.1. The van der Waals surface area contributed by atoms with Crippen molar-refractivity contribution in [3.8, 4) is 0 Å². The average Bonchev–Trinajstić information content (AvgIpc) is 3.14. The fraction of sp³-hybridized carbons (Fsp3) is 0.242. The molecule has 4 aromatic rings. The number of hydrogen-bond acceptors (Lipinski definition) is 6. The maximum atomic E-state index is 13.3. The maximum Gasteiger partial charge on any atom is 0.338 e. The molecule has 8 heteroatoms. The summed E-state index contributed by atoms with van der Waals surface area (Å²) in [6.07, 6.45) is 5.74. The highest BCUT2D eigenvalue weighted by Gasteiger charge is 2.26. The highest BCUT2D eigenvalue weighted by molar-refractivity contribution is 5.89. The molecule has 0 radical (unpaired) electrons. The van der Waals surface area contributed by atoms with Crippen molar-refractivity contribution >= 4 is 18.1 Å². The van der Waals surface area contributed by atoms with Gasteiger partial charge in [-0.3, -0.25) is 14.3 Å². The molecule has 1 aromatic heterocycles. The van der Waals surface area contributed by atoms with E-state index in [1.807, 2.05) is 54.6 Å². The minimum Gasteiger partial charge on any atom is -0.462 e. The molecular formula is C33H32N2O6. The first-order valence-electron chi connectivity index (χ1n) is 13.5. The zero-order chi connectivity index (χ0) is 28.8.